The zero-order chi connectivity index (χ0) is 14.7. The number of fused-ring (bicyclic) bond motifs is 1. The van der Waals surface area contributed by atoms with Crippen LogP contribution in [-0.2, 0) is 24.4 Å². The summed E-state index contributed by atoms with van der Waals surface area (Å²) in [4.78, 5) is 0. The minimum absolute atomic E-state index is 0.279. The van der Waals surface area contributed by atoms with E-state index in [1.807, 2.05) is 18.2 Å². The molecule has 0 saturated carbocycles. The van der Waals surface area contributed by atoms with Crippen LogP contribution in [0, 0.1) is 0 Å². The summed E-state index contributed by atoms with van der Waals surface area (Å²) < 4.78 is 5.51. The number of ether oxygens (including phenoxy) is 1. The third-order valence-electron chi connectivity index (χ3n) is 3.98. The summed E-state index contributed by atoms with van der Waals surface area (Å²) in [6, 6.07) is 15.0. The van der Waals surface area contributed by atoms with E-state index in [0.29, 0.717) is 0 Å². The smallest absolute Gasteiger partial charge is 0.0725 e. The van der Waals surface area contributed by atoms with Gasteiger partial charge in [-0.2, -0.15) is 0 Å². The second kappa shape index (κ2) is 6.61. The van der Waals surface area contributed by atoms with Crippen LogP contribution in [0.4, 0.5) is 0 Å². The molecule has 1 atom stereocenters. The predicted molar refractivity (Wildman–Crippen MR) is 86.5 cm³/mol. The maximum atomic E-state index is 6.30. The Hall–Kier alpha value is -1.35. The highest BCUT2D eigenvalue weighted by Crippen LogP contribution is 2.27. The van der Waals surface area contributed by atoms with Crippen LogP contribution >= 0.6 is 11.6 Å². The Bertz CT molecular complexity index is 626. The minimum Gasteiger partial charge on any atom is -0.372 e. The molecule has 110 valence electrons. The van der Waals surface area contributed by atoms with E-state index in [1.54, 1.807) is 0 Å². The molecule has 0 fully saturated rings. The molecular weight excluding hydrogens is 282 g/mol. The van der Waals surface area contributed by atoms with Crippen molar-refractivity contribution in [2.24, 2.45) is 0 Å². The molecule has 0 spiro atoms. The Morgan fingerprint density at radius 3 is 2.76 bits per heavy atom. The van der Waals surface area contributed by atoms with Gasteiger partial charge >= 0.3 is 0 Å². The molecule has 2 aromatic carbocycles. The van der Waals surface area contributed by atoms with E-state index < -0.39 is 0 Å². The van der Waals surface area contributed by atoms with Crippen molar-refractivity contribution in [1.29, 1.82) is 0 Å². The molecule has 2 aromatic rings. The van der Waals surface area contributed by atoms with E-state index in [9.17, 15) is 0 Å². The molecule has 0 saturated heterocycles. The van der Waals surface area contributed by atoms with E-state index in [1.165, 1.54) is 22.3 Å². The molecule has 1 aliphatic heterocycles. The Balaban J connectivity index is 1.86. The van der Waals surface area contributed by atoms with Gasteiger partial charge in [0.15, 0.2) is 0 Å². The quantitative estimate of drug-likeness (QED) is 0.891. The molecule has 3 rings (SSSR count). The number of likely N-dealkylation sites (N-methyl/N-ethyl adjacent to an activating group) is 1. The second-order valence-corrected chi connectivity index (χ2v) is 5.83. The Labute approximate surface area is 131 Å². The minimum atomic E-state index is 0.279. The summed E-state index contributed by atoms with van der Waals surface area (Å²) in [7, 11) is 0. The molecule has 2 nitrogen and oxygen atoms in total. The van der Waals surface area contributed by atoms with Crippen molar-refractivity contribution in [2.75, 3.05) is 6.54 Å². The topological polar surface area (TPSA) is 21.3 Å². The monoisotopic (exact) mass is 301 g/mol. The van der Waals surface area contributed by atoms with E-state index >= 15 is 0 Å². The summed E-state index contributed by atoms with van der Waals surface area (Å²) in [6.45, 7) is 4.54. The van der Waals surface area contributed by atoms with Crippen molar-refractivity contribution in [3.8, 4) is 0 Å². The van der Waals surface area contributed by atoms with Gasteiger partial charge in [0.2, 0.25) is 0 Å². The van der Waals surface area contributed by atoms with Gasteiger partial charge in [0.1, 0.15) is 0 Å². The van der Waals surface area contributed by atoms with Crippen molar-refractivity contribution in [3.05, 3.63) is 69.7 Å². The van der Waals surface area contributed by atoms with Crippen molar-refractivity contribution in [2.45, 2.75) is 32.6 Å². The first kappa shape index (κ1) is 14.6. The molecule has 21 heavy (non-hydrogen) atoms. The van der Waals surface area contributed by atoms with Crippen LogP contribution in [0.2, 0.25) is 5.02 Å². The average Bonchev–Trinajstić information content (AvgIpc) is 2.96. The molecule has 1 heterocycles. The van der Waals surface area contributed by atoms with E-state index in [-0.39, 0.29) is 6.04 Å². The molecular formula is C18H20ClNO. The van der Waals surface area contributed by atoms with Gasteiger partial charge in [0.05, 0.1) is 13.2 Å². The third kappa shape index (κ3) is 3.29. The van der Waals surface area contributed by atoms with Gasteiger partial charge in [-0.1, -0.05) is 54.9 Å². The first-order valence-electron chi connectivity index (χ1n) is 7.44. The second-order valence-electron chi connectivity index (χ2n) is 5.43. The summed E-state index contributed by atoms with van der Waals surface area (Å²) in [5.74, 6) is 0. The van der Waals surface area contributed by atoms with Crippen LogP contribution < -0.4 is 5.32 Å². The Kier molecular flexibility index (Phi) is 4.59. The lowest BCUT2D eigenvalue weighted by molar-refractivity contribution is 0.134. The van der Waals surface area contributed by atoms with Crippen molar-refractivity contribution >= 4 is 11.6 Å². The summed E-state index contributed by atoms with van der Waals surface area (Å²) >= 11 is 6.30. The largest absolute Gasteiger partial charge is 0.372 e. The highest BCUT2D eigenvalue weighted by atomic mass is 35.5. The Morgan fingerprint density at radius 1 is 1.14 bits per heavy atom. The van der Waals surface area contributed by atoms with Gasteiger partial charge in [0.25, 0.3) is 0 Å². The van der Waals surface area contributed by atoms with Crippen LogP contribution in [0.5, 0.6) is 0 Å². The molecule has 0 aromatic heterocycles. The fourth-order valence-corrected chi connectivity index (χ4v) is 3.06. The number of benzene rings is 2. The van der Waals surface area contributed by atoms with Crippen LogP contribution in [0.1, 0.15) is 35.2 Å². The zero-order valence-electron chi connectivity index (χ0n) is 12.2. The van der Waals surface area contributed by atoms with Crippen molar-refractivity contribution < 1.29 is 4.74 Å². The maximum absolute atomic E-state index is 6.30. The molecule has 1 unspecified atom stereocenters. The van der Waals surface area contributed by atoms with Crippen LogP contribution in [-0.4, -0.2) is 6.54 Å². The lowest BCUT2D eigenvalue weighted by atomic mass is 9.96. The summed E-state index contributed by atoms with van der Waals surface area (Å²) in [6.07, 6.45) is 0.896. The fraction of sp³-hybridized carbons (Fsp3) is 0.333. The molecule has 0 bridgehead atoms. The zero-order valence-corrected chi connectivity index (χ0v) is 13.0. The van der Waals surface area contributed by atoms with Gasteiger partial charge in [-0.3, -0.25) is 0 Å². The fourth-order valence-electron chi connectivity index (χ4n) is 2.85. The molecule has 1 N–H and O–H groups in total. The van der Waals surface area contributed by atoms with Crippen LogP contribution in [0.15, 0.2) is 42.5 Å². The van der Waals surface area contributed by atoms with Crippen LogP contribution in [0.25, 0.3) is 0 Å². The van der Waals surface area contributed by atoms with Crippen molar-refractivity contribution in [1.82, 2.24) is 5.32 Å². The molecule has 3 heteroatoms. The number of hydrogen-bond donors (Lipinski definition) is 1. The van der Waals surface area contributed by atoms with Gasteiger partial charge in [-0.15, -0.1) is 0 Å². The molecule has 1 aliphatic rings. The van der Waals surface area contributed by atoms with Crippen molar-refractivity contribution in [3.63, 3.8) is 0 Å². The molecule has 0 aliphatic carbocycles. The molecule has 0 amide bonds. The van der Waals surface area contributed by atoms with E-state index in [4.69, 9.17) is 16.3 Å². The Morgan fingerprint density at radius 2 is 1.95 bits per heavy atom. The average molecular weight is 302 g/mol. The first-order chi connectivity index (χ1) is 10.3. The summed E-state index contributed by atoms with van der Waals surface area (Å²) in [5.41, 5.74) is 5.11. The van der Waals surface area contributed by atoms with Gasteiger partial charge < -0.3 is 10.1 Å². The highest BCUT2D eigenvalue weighted by molar-refractivity contribution is 6.31. The van der Waals surface area contributed by atoms with E-state index in [2.05, 4.69) is 36.5 Å². The lowest BCUT2D eigenvalue weighted by Crippen LogP contribution is -2.23. The normalized spacial score (nSPS) is 15.0. The number of rotatable bonds is 5. The molecule has 0 radical (unpaired) electrons. The number of nitrogens with one attached hydrogen (secondary N) is 1. The first-order valence-corrected chi connectivity index (χ1v) is 7.82. The SMILES string of the molecule is CCNC(Cc1ccccc1Cl)c1ccc2c(c1)COC2. The van der Waals surface area contributed by atoms with Gasteiger partial charge in [-0.05, 0) is 41.3 Å². The van der Waals surface area contributed by atoms with Crippen LogP contribution in [0.3, 0.4) is 0 Å². The summed E-state index contributed by atoms with van der Waals surface area (Å²) in [5, 5.41) is 4.40. The lowest BCUT2D eigenvalue weighted by Gasteiger charge is -2.20. The predicted octanol–water partition coefficient (Wildman–Crippen LogP) is 4.26. The van der Waals surface area contributed by atoms with Gasteiger partial charge in [0, 0.05) is 11.1 Å². The number of hydrogen-bond acceptors (Lipinski definition) is 2. The highest BCUT2D eigenvalue weighted by Gasteiger charge is 2.17. The maximum Gasteiger partial charge on any atom is 0.0725 e. The van der Waals surface area contributed by atoms with E-state index in [0.717, 1.165) is 31.2 Å². The standard InChI is InChI=1S/C18H20ClNO/c1-2-20-18(10-13-5-3-4-6-17(13)19)14-7-8-15-11-21-12-16(15)9-14/h3-9,18,20H,2,10-12H2,1H3. The van der Waals surface area contributed by atoms with Gasteiger partial charge in [-0.25, -0.2) is 0 Å². The third-order valence-corrected chi connectivity index (χ3v) is 4.35. The number of halogens is 1.